The molecule has 1 saturated heterocycles. The maximum absolute atomic E-state index is 12.6. The molecule has 2 aromatic rings. The number of nitrogens with zero attached hydrogens (tertiary/aromatic N) is 1. The topological polar surface area (TPSA) is 46.6 Å². The Morgan fingerprint density at radius 3 is 2.50 bits per heavy atom. The first kappa shape index (κ1) is 18.6. The summed E-state index contributed by atoms with van der Waals surface area (Å²) in [6, 6.07) is 11.7. The highest BCUT2D eigenvalue weighted by atomic mass is 35.5. The minimum absolute atomic E-state index is 0.320. The predicted molar refractivity (Wildman–Crippen MR) is 107 cm³/mol. The second-order valence-corrected chi connectivity index (χ2v) is 7.12. The van der Waals surface area contributed by atoms with Crippen LogP contribution in [0.1, 0.15) is 5.56 Å². The Labute approximate surface area is 165 Å². The van der Waals surface area contributed by atoms with E-state index >= 15 is 0 Å². The van der Waals surface area contributed by atoms with Gasteiger partial charge in [-0.2, -0.15) is 0 Å². The largest absolute Gasteiger partial charge is 0.488 e. The molecule has 0 spiro atoms. The second-order valence-electron chi connectivity index (χ2n) is 5.28. The van der Waals surface area contributed by atoms with Crippen LogP contribution in [-0.4, -0.2) is 17.8 Å². The minimum Gasteiger partial charge on any atom is -0.488 e. The van der Waals surface area contributed by atoms with Crippen LogP contribution in [0.3, 0.4) is 0 Å². The maximum atomic E-state index is 12.6. The normalized spacial score (nSPS) is 15.6. The van der Waals surface area contributed by atoms with Crippen LogP contribution >= 0.6 is 35.0 Å². The van der Waals surface area contributed by atoms with Crippen LogP contribution in [0.2, 0.25) is 10.0 Å². The van der Waals surface area contributed by atoms with Crippen LogP contribution < -0.4 is 9.64 Å². The van der Waals surface area contributed by atoms with Gasteiger partial charge in [-0.1, -0.05) is 41.9 Å². The van der Waals surface area contributed by atoms with Gasteiger partial charge in [0.25, 0.3) is 11.1 Å². The number of ether oxygens (including phenoxy) is 1. The fourth-order valence-electron chi connectivity index (χ4n) is 2.30. The molecule has 0 bridgehead atoms. The van der Waals surface area contributed by atoms with Gasteiger partial charge in [0.15, 0.2) is 0 Å². The molecule has 0 unspecified atom stereocenters. The van der Waals surface area contributed by atoms with E-state index in [0.717, 1.165) is 16.7 Å². The van der Waals surface area contributed by atoms with Gasteiger partial charge in [0, 0.05) is 5.02 Å². The number of carbonyl (C=O) groups is 2. The second kappa shape index (κ2) is 7.99. The third-order valence-corrected chi connectivity index (χ3v) is 4.91. The Morgan fingerprint density at radius 2 is 1.85 bits per heavy atom. The number of carbonyl (C=O) groups excluding carboxylic acids is 2. The molecule has 0 atom stereocenters. The number of amides is 2. The van der Waals surface area contributed by atoms with Crippen molar-refractivity contribution in [1.29, 1.82) is 0 Å². The van der Waals surface area contributed by atoms with E-state index in [0.29, 0.717) is 38.6 Å². The first-order valence-electron chi connectivity index (χ1n) is 7.56. The molecule has 0 aliphatic carbocycles. The molecule has 0 radical (unpaired) electrons. The lowest BCUT2D eigenvalue weighted by atomic mass is 10.2. The molecule has 26 heavy (non-hydrogen) atoms. The monoisotopic (exact) mass is 405 g/mol. The van der Waals surface area contributed by atoms with E-state index in [1.165, 1.54) is 0 Å². The number of thioether (sulfide) groups is 1. The van der Waals surface area contributed by atoms with E-state index in [1.54, 1.807) is 54.6 Å². The van der Waals surface area contributed by atoms with E-state index in [1.807, 2.05) is 0 Å². The highest BCUT2D eigenvalue weighted by molar-refractivity contribution is 8.19. The molecule has 0 N–H and O–H groups in total. The lowest BCUT2D eigenvalue weighted by Crippen LogP contribution is -2.27. The molecule has 1 aliphatic rings. The summed E-state index contributed by atoms with van der Waals surface area (Å²) in [6.07, 6.45) is 3.25. The van der Waals surface area contributed by atoms with Crippen molar-refractivity contribution in [1.82, 2.24) is 0 Å². The average molecular weight is 406 g/mol. The van der Waals surface area contributed by atoms with Crippen molar-refractivity contribution in [2.45, 2.75) is 0 Å². The van der Waals surface area contributed by atoms with Gasteiger partial charge in [0.2, 0.25) is 0 Å². The number of hydrogen-bond donors (Lipinski definition) is 0. The minimum atomic E-state index is -0.384. The van der Waals surface area contributed by atoms with Crippen molar-refractivity contribution in [3.8, 4) is 5.75 Å². The number of halogens is 2. The van der Waals surface area contributed by atoms with Crippen molar-refractivity contribution in [3.63, 3.8) is 0 Å². The lowest BCUT2D eigenvalue weighted by Gasteiger charge is -2.12. The quantitative estimate of drug-likeness (QED) is 0.465. The number of anilines is 1. The molecule has 2 aromatic carbocycles. The highest BCUT2D eigenvalue weighted by Gasteiger charge is 2.36. The molecule has 1 fully saturated rings. The number of rotatable bonds is 5. The zero-order chi connectivity index (χ0) is 18.7. The first-order chi connectivity index (χ1) is 12.5. The van der Waals surface area contributed by atoms with Crippen LogP contribution in [0, 0.1) is 0 Å². The maximum Gasteiger partial charge on any atom is 0.298 e. The summed E-state index contributed by atoms with van der Waals surface area (Å²) >= 11 is 12.9. The van der Waals surface area contributed by atoms with Gasteiger partial charge in [-0.3, -0.25) is 9.59 Å². The van der Waals surface area contributed by atoms with Crippen LogP contribution in [0.25, 0.3) is 6.08 Å². The number of hydrogen-bond acceptors (Lipinski definition) is 4. The first-order valence-corrected chi connectivity index (χ1v) is 9.13. The molecule has 1 heterocycles. The van der Waals surface area contributed by atoms with Gasteiger partial charge in [-0.05, 0) is 59.8 Å². The van der Waals surface area contributed by atoms with E-state index in [-0.39, 0.29) is 11.1 Å². The third-order valence-electron chi connectivity index (χ3n) is 3.49. The summed E-state index contributed by atoms with van der Waals surface area (Å²) in [5.41, 5.74) is 1.18. The Kier molecular flexibility index (Phi) is 5.71. The fourth-order valence-corrected chi connectivity index (χ4v) is 3.52. The zero-order valence-corrected chi connectivity index (χ0v) is 15.8. The summed E-state index contributed by atoms with van der Waals surface area (Å²) in [5.74, 6) is 0.142. The van der Waals surface area contributed by atoms with Gasteiger partial charge >= 0.3 is 0 Å². The fraction of sp³-hybridized carbons (Fsp3) is 0.0526. The number of benzene rings is 2. The summed E-state index contributed by atoms with van der Waals surface area (Å²) in [6.45, 7) is 3.93. The molecule has 2 amide bonds. The van der Waals surface area contributed by atoms with Crippen LogP contribution in [0.4, 0.5) is 10.5 Å². The average Bonchev–Trinajstić information content (AvgIpc) is 2.89. The van der Waals surface area contributed by atoms with E-state index < -0.39 is 0 Å². The molecular weight excluding hydrogens is 393 g/mol. The smallest absolute Gasteiger partial charge is 0.298 e. The molecule has 4 nitrogen and oxygen atoms in total. The van der Waals surface area contributed by atoms with Crippen molar-refractivity contribution >= 4 is 57.9 Å². The summed E-state index contributed by atoms with van der Waals surface area (Å²) < 4.78 is 5.42. The van der Waals surface area contributed by atoms with E-state index in [9.17, 15) is 9.59 Å². The Balaban J connectivity index is 1.84. The Hall–Kier alpha value is -2.21. The molecule has 0 aromatic heterocycles. The van der Waals surface area contributed by atoms with E-state index in [2.05, 4.69) is 6.58 Å². The van der Waals surface area contributed by atoms with Crippen molar-refractivity contribution in [2.75, 3.05) is 11.5 Å². The van der Waals surface area contributed by atoms with Crippen LogP contribution in [0.5, 0.6) is 5.75 Å². The standard InChI is InChI=1S/C19H13Cl2NO3S/c1-2-9-25-16-8-3-12(10-15(16)21)11-17-18(23)22(19(24)26-17)14-6-4-13(20)5-7-14/h2-8,10-11H,1,9H2. The molecule has 132 valence electrons. The lowest BCUT2D eigenvalue weighted by molar-refractivity contribution is -0.113. The van der Waals surface area contributed by atoms with Gasteiger partial charge in [-0.25, -0.2) is 4.90 Å². The van der Waals surface area contributed by atoms with Crippen molar-refractivity contribution in [2.24, 2.45) is 0 Å². The van der Waals surface area contributed by atoms with E-state index in [4.69, 9.17) is 27.9 Å². The van der Waals surface area contributed by atoms with Crippen molar-refractivity contribution < 1.29 is 14.3 Å². The molecular formula is C19H13Cl2NO3S. The highest BCUT2D eigenvalue weighted by Crippen LogP contribution is 2.36. The summed E-state index contributed by atoms with van der Waals surface area (Å²) in [7, 11) is 0. The number of imide groups is 1. The SMILES string of the molecule is C=CCOc1ccc(C=C2SC(=O)N(c3ccc(Cl)cc3)C2=O)cc1Cl. The summed E-state index contributed by atoms with van der Waals surface area (Å²) in [5, 5.41) is 0.586. The van der Waals surface area contributed by atoms with Crippen LogP contribution in [0.15, 0.2) is 60.0 Å². The molecule has 1 aliphatic heterocycles. The third kappa shape index (κ3) is 3.96. The Morgan fingerprint density at radius 1 is 1.12 bits per heavy atom. The molecule has 3 rings (SSSR count). The van der Waals surface area contributed by atoms with Gasteiger partial charge < -0.3 is 4.74 Å². The van der Waals surface area contributed by atoms with Crippen LogP contribution in [-0.2, 0) is 4.79 Å². The van der Waals surface area contributed by atoms with Gasteiger partial charge in [0.05, 0.1) is 15.6 Å². The molecule has 7 heteroatoms. The molecule has 0 saturated carbocycles. The van der Waals surface area contributed by atoms with Crippen molar-refractivity contribution in [3.05, 3.63) is 75.6 Å². The van der Waals surface area contributed by atoms with Gasteiger partial charge in [0.1, 0.15) is 12.4 Å². The van der Waals surface area contributed by atoms with Gasteiger partial charge in [-0.15, -0.1) is 0 Å². The summed E-state index contributed by atoms with van der Waals surface area (Å²) in [4.78, 5) is 26.3. The predicted octanol–water partition coefficient (Wildman–Crippen LogP) is 5.80. The Bertz CT molecular complexity index is 910. The zero-order valence-electron chi connectivity index (χ0n) is 13.4.